The van der Waals surface area contributed by atoms with E-state index in [0.717, 1.165) is 19.3 Å². The third-order valence-electron chi connectivity index (χ3n) is 5.82. The third-order valence-corrected chi connectivity index (χ3v) is 7.06. The smallest absolute Gasteiger partial charge is 0.230 e. The molecule has 2 atom stereocenters. The van der Waals surface area contributed by atoms with Crippen LogP contribution >= 0.6 is 27.5 Å². The standard InChI is InChI=1S/C18H18BrClN2O/c19-18-7-11-3-12(8-18)6-17(5-11,10-18)16(23)22-14-2-1-13(9-21)15(20)4-14/h1-2,4,11-12H,3,5-8,10H2,(H,22,23). The number of carbonyl (C=O) groups excluding carboxylic acids is 1. The van der Waals surface area contributed by atoms with Crippen molar-refractivity contribution in [1.29, 1.82) is 5.26 Å². The molecule has 4 fully saturated rings. The molecule has 1 aromatic rings. The first kappa shape index (κ1) is 15.5. The zero-order chi connectivity index (χ0) is 16.2. The molecule has 0 heterocycles. The lowest BCUT2D eigenvalue weighted by molar-refractivity contribution is -0.138. The molecule has 0 radical (unpaired) electrons. The zero-order valence-electron chi connectivity index (χ0n) is 12.7. The molecule has 0 spiro atoms. The van der Waals surface area contributed by atoms with Crippen LogP contribution in [0.25, 0.3) is 0 Å². The summed E-state index contributed by atoms with van der Waals surface area (Å²) in [5.74, 6) is 1.47. The number of halogens is 2. The van der Waals surface area contributed by atoms with E-state index in [4.69, 9.17) is 16.9 Å². The molecule has 2 unspecified atom stereocenters. The number of rotatable bonds is 2. The Kier molecular flexibility index (Phi) is 3.52. The van der Waals surface area contributed by atoms with Gasteiger partial charge in [0.15, 0.2) is 0 Å². The summed E-state index contributed by atoms with van der Waals surface area (Å²) >= 11 is 10.0. The number of nitrogens with zero attached hydrogens (tertiary/aromatic N) is 1. The number of hydrogen-bond donors (Lipinski definition) is 1. The van der Waals surface area contributed by atoms with Gasteiger partial charge in [-0.05, 0) is 68.6 Å². The number of nitriles is 1. The van der Waals surface area contributed by atoms with E-state index in [-0.39, 0.29) is 15.6 Å². The molecular formula is C18H18BrClN2O. The Hall–Kier alpha value is -1.05. The van der Waals surface area contributed by atoms with Gasteiger partial charge in [-0.1, -0.05) is 27.5 Å². The van der Waals surface area contributed by atoms with Crippen molar-refractivity contribution < 1.29 is 4.79 Å². The van der Waals surface area contributed by atoms with Gasteiger partial charge in [-0.15, -0.1) is 0 Å². The van der Waals surface area contributed by atoms with Crippen LogP contribution in [0.2, 0.25) is 5.02 Å². The molecule has 4 aliphatic carbocycles. The molecule has 1 amide bonds. The predicted molar refractivity (Wildman–Crippen MR) is 93.6 cm³/mol. The summed E-state index contributed by atoms with van der Waals surface area (Å²) in [5.41, 5.74) is 0.866. The van der Waals surface area contributed by atoms with Crippen LogP contribution < -0.4 is 5.32 Å². The summed E-state index contributed by atoms with van der Waals surface area (Å²) < 4.78 is 0.163. The van der Waals surface area contributed by atoms with Gasteiger partial charge in [0.2, 0.25) is 5.91 Å². The van der Waals surface area contributed by atoms with Crippen molar-refractivity contribution in [2.45, 2.75) is 42.8 Å². The van der Waals surface area contributed by atoms with Crippen molar-refractivity contribution in [2.24, 2.45) is 17.3 Å². The normalized spacial score (nSPS) is 37.4. The van der Waals surface area contributed by atoms with Crippen molar-refractivity contribution in [2.75, 3.05) is 5.32 Å². The Bertz CT molecular complexity index is 712. The molecule has 4 bridgehead atoms. The molecular weight excluding hydrogens is 376 g/mol. The van der Waals surface area contributed by atoms with Crippen molar-refractivity contribution >= 4 is 39.1 Å². The Morgan fingerprint density at radius 1 is 1.30 bits per heavy atom. The molecule has 5 heteroatoms. The second kappa shape index (κ2) is 5.22. The van der Waals surface area contributed by atoms with E-state index in [9.17, 15) is 4.79 Å². The number of amides is 1. The Labute approximate surface area is 149 Å². The second-order valence-corrected chi connectivity index (χ2v) is 9.74. The quantitative estimate of drug-likeness (QED) is 0.728. The lowest BCUT2D eigenvalue weighted by Gasteiger charge is -2.59. The molecule has 5 rings (SSSR count). The average molecular weight is 394 g/mol. The van der Waals surface area contributed by atoms with E-state index in [0.29, 0.717) is 28.1 Å². The number of alkyl halides is 1. The van der Waals surface area contributed by atoms with Crippen molar-refractivity contribution in [1.82, 2.24) is 0 Å². The molecule has 120 valence electrons. The fraction of sp³-hybridized carbons (Fsp3) is 0.556. The molecule has 0 aliphatic heterocycles. The molecule has 1 N–H and O–H groups in total. The number of hydrogen-bond acceptors (Lipinski definition) is 2. The topological polar surface area (TPSA) is 52.9 Å². The molecule has 4 aliphatic rings. The fourth-order valence-electron chi connectivity index (χ4n) is 5.36. The Morgan fingerprint density at radius 3 is 2.57 bits per heavy atom. The first-order valence-electron chi connectivity index (χ1n) is 8.11. The number of benzene rings is 1. The fourth-order valence-corrected chi connectivity index (χ4v) is 7.04. The SMILES string of the molecule is N#Cc1ccc(NC(=O)C23CC4CC(CC(Br)(C4)C2)C3)cc1Cl. The number of carbonyl (C=O) groups is 1. The molecule has 0 saturated heterocycles. The van der Waals surface area contributed by atoms with Gasteiger partial charge in [0.05, 0.1) is 16.0 Å². The van der Waals surface area contributed by atoms with E-state index >= 15 is 0 Å². The highest BCUT2D eigenvalue weighted by Gasteiger charge is 2.59. The van der Waals surface area contributed by atoms with Gasteiger partial charge in [-0.2, -0.15) is 5.26 Å². The van der Waals surface area contributed by atoms with E-state index in [2.05, 4.69) is 21.2 Å². The second-order valence-electron chi connectivity index (χ2n) is 7.65. The highest BCUT2D eigenvalue weighted by Crippen LogP contribution is 2.64. The monoisotopic (exact) mass is 392 g/mol. The van der Waals surface area contributed by atoms with Gasteiger partial charge in [-0.25, -0.2) is 0 Å². The molecule has 3 nitrogen and oxygen atoms in total. The van der Waals surface area contributed by atoms with Gasteiger partial charge in [0.25, 0.3) is 0 Å². The minimum atomic E-state index is -0.242. The highest BCUT2D eigenvalue weighted by molar-refractivity contribution is 9.10. The van der Waals surface area contributed by atoms with Crippen LogP contribution in [0.4, 0.5) is 5.69 Å². The summed E-state index contributed by atoms with van der Waals surface area (Å²) in [4.78, 5) is 13.0. The summed E-state index contributed by atoms with van der Waals surface area (Å²) in [6, 6.07) is 7.12. The van der Waals surface area contributed by atoms with Gasteiger partial charge >= 0.3 is 0 Å². The van der Waals surface area contributed by atoms with Gasteiger partial charge in [-0.3, -0.25) is 4.79 Å². The van der Waals surface area contributed by atoms with E-state index < -0.39 is 0 Å². The van der Waals surface area contributed by atoms with Crippen LogP contribution in [-0.2, 0) is 4.79 Å². The predicted octanol–water partition coefficient (Wildman–Crippen LogP) is 4.88. The highest BCUT2D eigenvalue weighted by atomic mass is 79.9. The lowest BCUT2D eigenvalue weighted by atomic mass is 9.49. The van der Waals surface area contributed by atoms with Crippen LogP contribution in [0.15, 0.2) is 18.2 Å². The molecule has 4 saturated carbocycles. The Morgan fingerprint density at radius 2 is 2.00 bits per heavy atom. The van der Waals surface area contributed by atoms with E-state index in [1.54, 1.807) is 18.2 Å². The average Bonchev–Trinajstić information content (AvgIpc) is 2.44. The van der Waals surface area contributed by atoms with Crippen LogP contribution in [-0.4, -0.2) is 10.2 Å². The van der Waals surface area contributed by atoms with Crippen LogP contribution in [0.3, 0.4) is 0 Å². The summed E-state index contributed by atoms with van der Waals surface area (Å²) in [6.45, 7) is 0. The maximum absolute atomic E-state index is 13.0. The maximum atomic E-state index is 13.0. The minimum absolute atomic E-state index is 0.121. The van der Waals surface area contributed by atoms with Gasteiger partial charge < -0.3 is 5.32 Å². The summed E-state index contributed by atoms with van der Waals surface area (Å²) in [7, 11) is 0. The molecule has 0 aromatic heterocycles. The van der Waals surface area contributed by atoms with Gasteiger partial charge in [0.1, 0.15) is 6.07 Å². The Balaban J connectivity index is 1.58. The van der Waals surface area contributed by atoms with Crippen LogP contribution in [0, 0.1) is 28.6 Å². The maximum Gasteiger partial charge on any atom is 0.230 e. The zero-order valence-corrected chi connectivity index (χ0v) is 15.1. The van der Waals surface area contributed by atoms with E-state index in [1.165, 1.54) is 19.3 Å². The lowest BCUT2D eigenvalue weighted by Crippen LogP contribution is -2.57. The number of anilines is 1. The van der Waals surface area contributed by atoms with Crippen molar-refractivity contribution in [3.63, 3.8) is 0 Å². The minimum Gasteiger partial charge on any atom is -0.326 e. The largest absolute Gasteiger partial charge is 0.326 e. The van der Waals surface area contributed by atoms with Crippen LogP contribution in [0.5, 0.6) is 0 Å². The first-order valence-corrected chi connectivity index (χ1v) is 9.29. The number of nitrogens with one attached hydrogen (secondary N) is 1. The third kappa shape index (κ3) is 2.58. The first-order chi connectivity index (χ1) is 10.9. The van der Waals surface area contributed by atoms with Crippen molar-refractivity contribution in [3.05, 3.63) is 28.8 Å². The molecule has 23 heavy (non-hydrogen) atoms. The summed E-state index contributed by atoms with van der Waals surface area (Å²) in [6.07, 6.45) is 6.65. The summed E-state index contributed by atoms with van der Waals surface area (Å²) in [5, 5.41) is 12.4. The van der Waals surface area contributed by atoms with Crippen LogP contribution in [0.1, 0.15) is 44.1 Å². The van der Waals surface area contributed by atoms with E-state index in [1.807, 2.05) is 6.07 Å². The van der Waals surface area contributed by atoms with Gasteiger partial charge in [0, 0.05) is 10.0 Å². The molecule has 1 aromatic carbocycles. The van der Waals surface area contributed by atoms with Crippen molar-refractivity contribution in [3.8, 4) is 6.07 Å².